The summed E-state index contributed by atoms with van der Waals surface area (Å²) in [7, 11) is 0. The van der Waals surface area contributed by atoms with Gasteiger partial charge in [-0.15, -0.1) is 6.42 Å². The zero-order valence-electron chi connectivity index (χ0n) is 16.7. The normalized spacial score (nSPS) is 10.3. The number of terminal acetylenes is 1. The van der Waals surface area contributed by atoms with E-state index in [0.717, 1.165) is 0 Å². The van der Waals surface area contributed by atoms with Crippen LogP contribution in [0.1, 0.15) is 19.4 Å². The van der Waals surface area contributed by atoms with Gasteiger partial charge in [0.05, 0.1) is 6.61 Å². The lowest BCUT2D eigenvalue weighted by Crippen LogP contribution is -2.13. The Morgan fingerprint density at radius 2 is 1.73 bits per heavy atom. The average Bonchev–Trinajstić information content (AvgIpc) is 2.72. The van der Waals surface area contributed by atoms with E-state index >= 15 is 0 Å². The highest BCUT2D eigenvalue weighted by Gasteiger charge is 2.11. The number of anilines is 2. The molecule has 0 aliphatic heterocycles. The molecular formula is C23H21N3O4. The molecule has 0 aromatic heterocycles. The Morgan fingerprint density at radius 3 is 2.30 bits per heavy atom. The number of nitrogens with zero attached hydrogens (tertiary/aromatic N) is 1. The number of amides is 2. The molecule has 0 fully saturated rings. The third-order valence-electron chi connectivity index (χ3n) is 3.72. The Hall–Kier alpha value is -4.23. The molecule has 7 nitrogen and oxygen atoms in total. The quantitative estimate of drug-likeness (QED) is 0.398. The summed E-state index contributed by atoms with van der Waals surface area (Å²) in [4.78, 5) is 23.5. The van der Waals surface area contributed by atoms with Crippen molar-refractivity contribution >= 4 is 29.3 Å². The minimum atomic E-state index is -0.560. The maximum atomic E-state index is 12.5. The summed E-state index contributed by atoms with van der Waals surface area (Å²) in [5.41, 5.74) is 1.61. The zero-order valence-corrected chi connectivity index (χ0v) is 16.7. The van der Waals surface area contributed by atoms with Crippen LogP contribution in [0, 0.1) is 23.7 Å². The van der Waals surface area contributed by atoms with Crippen LogP contribution >= 0.6 is 0 Å². The van der Waals surface area contributed by atoms with Gasteiger partial charge < -0.3 is 20.1 Å². The van der Waals surface area contributed by atoms with Crippen LogP contribution in [0.3, 0.4) is 0 Å². The summed E-state index contributed by atoms with van der Waals surface area (Å²) in [6.45, 7) is 3.75. The van der Waals surface area contributed by atoms with Crippen LogP contribution < -0.4 is 20.1 Å². The molecule has 0 atom stereocenters. The summed E-state index contributed by atoms with van der Waals surface area (Å²) in [5, 5.41) is 14.7. The number of benzene rings is 2. The fraction of sp³-hybridized carbons (Fsp3) is 0.174. The Morgan fingerprint density at radius 1 is 1.07 bits per heavy atom. The van der Waals surface area contributed by atoms with E-state index in [2.05, 4.69) is 16.6 Å². The number of carbonyl (C=O) groups is 2. The molecule has 0 unspecified atom stereocenters. The van der Waals surface area contributed by atoms with Gasteiger partial charge in [-0.3, -0.25) is 9.59 Å². The van der Waals surface area contributed by atoms with Crippen molar-refractivity contribution in [2.24, 2.45) is 0 Å². The molecule has 30 heavy (non-hydrogen) atoms. The first-order chi connectivity index (χ1) is 14.5. The molecule has 152 valence electrons. The van der Waals surface area contributed by atoms with Crippen LogP contribution in [0.2, 0.25) is 0 Å². The van der Waals surface area contributed by atoms with E-state index in [4.69, 9.17) is 15.9 Å². The maximum absolute atomic E-state index is 12.5. The largest absolute Gasteiger partial charge is 0.490 e. The number of ether oxygens (including phenoxy) is 2. The van der Waals surface area contributed by atoms with Gasteiger partial charge in [-0.25, -0.2) is 0 Å². The van der Waals surface area contributed by atoms with Crippen molar-refractivity contribution in [3.05, 3.63) is 53.6 Å². The number of nitrogens with one attached hydrogen (secondary N) is 2. The molecule has 2 aromatic carbocycles. The van der Waals surface area contributed by atoms with Crippen molar-refractivity contribution in [2.75, 3.05) is 23.8 Å². The van der Waals surface area contributed by atoms with Gasteiger partial charge in [0.15, 0.2) is 11.5 Å². The average molecular weight is 403 g/mol. The Labute approximate surface area is 175 Å². The van der Waals surface area contributed by atoms with Crippen LogP contribution in [0.25, 0.3) is 6.08 Å². The van der Waals surface area contributed by atoms with Crippen LogP contribution in [0.15, 0.2) is 48.0 Å². The second kappa shape index (κ2) is 10.9. The first-order valence-electron chi connectivity index (χ1n) is 9.10. The Kier molecular flexibility index (Phi) is 8.04. The van der Waals surface area contributed by atoms with Crippen molar-refractivity contribution in [1.82, 2.24) is 0 Å². The summed E-state index contributed by atoms with van der Waals surface area (Å²) in [6, 6.07) is 13.5. The first kappa shape index (κ1) is 22.1. The van der Waals surface area contributed by atoms with Crippen LogP contribution in [-0.2, 0) is 9.59 Å². The monoisotopic (exact) mass is 403 g/mol. The molecule has 2 aromatic rings. The smallest absolute Gasteiger partial charge is 0.266 e. The standard InChI is InChI=1S/C23H21N3O4/c1-4-12-30-21-11-6-17(14-22(21)29-5-2)13-18(15-24)23(28)26-20-9-7-19(8-10-20)25-16(3)27/h1,6-11,13-14H,5,12H2,2-3H3,(H,25,27)(H,26,28)/b18-13+. The molecule has 2 amide bonds. The highest BCUT2D eigenvalue weighted by Crippen LogP contribution is 2.29. The zero-order chi connectivity index (χ0) is 21.9. The lowest BCUT2D eigenvalue weighted by atomic mass is 10.1. The van der Waals surface area contributed by atoms with Crippen LogP contribution in [0.4, 0.5) is 11.4 Å². The minimum Gasteiger partial charge on any atom is -0.490 e. The first-order valence-corrected chi connectivity index (χ1v) is 9.10. The van der Waals surface area contributed by atoms with E-state index in [1.54, 1.807) is 42.5 Å². The number of rotatable bonds is 8. The van der Waals surface area contributed by atoms with E-state index < -0.39 is 5.91 Å². The van der Waals surface area contributed by atoms with E-state index in [1.807, 2.05) is 13.0 Å². The highest BCUT2D eigenvalue weighted by atomic mass is 16.5. The fourth-order valence-corrected chi connectivity index (χ4v) is 2.48. The van der Waals surface area contributed by atoms with Gasteiger partial charge in [-0.1, -0.05) is 12.0 Å². The van der Waals surface area contributed by atoms with Crippen molar-refractivity contribution in [3.8, 4) is 29.9 Å². The van der Waals surface area contributed by atoms with Crippen molar-refractivity contribution in [1.29, 1.82) is 5.26 Å². The second-order valence-corrected chi connectivity index (χ2v) is 6.01. The number of carbonyl (C=O) groups excluding carboxylic acids is 2. The minimum absolute atomic E-state index is 0.0827. The molecule has 0 spiro atoms. The predicted octanol–water partition coefficient (Wildman–Crippen LogP) is 3.60. The number of nitriles is 1. The highest BCUT2D eigenvalue weighted by molar-refractivity contribution is 6.09. The lowest BCUT2D eigenvalue weighted by molar-refractivity contribution is -0.114. The maximum Gasteiger partial charge on any atom is 0.266 e. The topological polar surface area (TPSA) is 100 Å². The summed E-state index contributed by atoms with van der Waals surface area (Å²) < 4.78 is 11.0. The van der Waals surface area contributed by atoms with E-state index in [-0.39, 0.29) is 18.1 Å². The molecule has 2 N–H and O–H groups in total. The van der Waals surface area contributed by atoms with Gasteiger partial charge in [0.25, 0.3) is 5.91 Å². The van der Waals surface area contributed by atoms with Gasteiger partial charge in [0.2, 0.25) is 5.91 Å². The van der Waals surface area contributed by atoms with Crippen molar-refractivity contribution in [3.63, 3.8) is 0 Å². The van der Waals surface area contributed by atoms with Gasteiger partial charge in [-0.2, -0.15) is 5.26 Å². The van der Waals surface area contributed by atoms with Crippen LogP contribution in [-0.4, -0.2) is 25.0 Å². The molecule has 0 saturated carbocycles. The summed E-state index contributed by atoms with van der Waals surface area (Å²) in [5.74, 6) is 2.58. The molecular weight excluding hydrogens is 382 g/mol. The Balaban J connectivity index is 2.18. The van der Waals surface area contributed by atoms with Gasteiger partial charge in [0, 0.05) is 18.3 Å². The second-order valence-electron chi connectivity index (χ2n) is 6.01. The van der Waals surface area contributed by atoms with Crippen molar-refractivity contribution < 1.29 is 19.1 Å². The SMILES string of the molecule is C#CCOc1ccc(/C=C(\C#N)C(=O)Nc2ccc(NC(C)=O)cc2)cc1OCC. The molecule has 2 rings (SSSR count). The number of hydrogen-bond donors (Lipinski definition) is 2. The van der Waals surface area contributed by atoms with Gasteiger partial charge in [0.1, 0.15) is 18.2 Å². The number of hydrogen-bond acceptors (Lipinski definition) is 5. The summed E-state index contributed by atoms with van der Waals surface area (Å²) in [6.07, 6.45) is 6.67. The fourth-order valence-electron chi connectivity index (χ4n) is 2.48. The molecule has 0 bridgehead atoms. The molecule has 7 heteroatoms. The Bertz CT molecular complexity index is 1030. The van der Waals surface area contributed by atoms with E-state index in [1.165, 1.54) is 13.0 Å². The molecule has 0 aliphatic rings. The summed E-state index contributed by atoms with van der Waals surface area (Å²) >= 11 is 0. The van der Waals surface area contributed by atoms with Gasteiger partial charge in [-0.05, 0) is 55.0 Å². The third kappa shape index (κ3) is 6.43. The molecule has 0 saturated heterocycles. The molecule has 0 radical (unpaired) electrons. The molecule has 0 heterocycles. The van der Waals surface area contributed by atoms with E-state index in [9.17, 15) is 14.9 Å². The third-order valence-corrected chi connectivity index (χ3v) is 3.72. The predicted molar refractivity (Wildman–Crippen MR) is 115 cm³/mol. The van der Waals surface area contributed by atoms with Crippen molar-refractivity contribution in [2.45, 2.75) is 13.8 Å². The lowest BCUT2D eigenvalue weighted by Gasteiger charge is -2.11. The molecule has 0 aliphatic carbocycles. The van der Waals surface area contributed by atoms with Gasteiger partial charge >= 0.3 is 0 Å². The van der Waals surface area contributed by atoms with Crippen LogP contribution in [0.5, 0.6) is 11.5 Å². The van der Waals surface area contributed by atoms with E-state index in [0.29, 0.717) is 35.0 Å².